The van der Waals surface area contributed by atoms with E-state index in [1.165, 1.54) is 32.4 Å². The lowest BCUT2D eigenvalue weighted by molar-refractivity contribution is -0.119. The van der Waals surface area contributed by atoms with Crippen molar-refractivity contribution < 1.29 is 39.1 Å². The Morgan fingerprint density at radius 2 is 1.24 bits per heavy atom. The van der Waals surface area contributed by atoms with Gasteiger partial charge >= 0.3 is 0 Å². The maximum atomic E-state index is 13.3. The molecule has 238 valence electrons. The number of methoxy groups -OCH3 is 2. The van der Waals surface area contributed by atoms with Crippen molar-refractivity contribution in [2.75, 3.05) is 27.3 Å². The average molecular weight is 625 g/mol. The Kier molecular flexibility index (Phi) is 11.7. The summed E-state index contributed by atoms with van der Waals surface area (Å²) in [6, 6.07) is 23.2. The topological polar surface area (TPSA) is 147 Å². The molecule has 0 aliphatic carbocycles. The molecule has 0 unspecified atom stereocenters. The van der Waals surface area contributed by atoms with Crippen molar-refractivity contribution in [3.05, 3.63) is 119 Å². The first-order chi connectivity index (χ1) is 22.2. The number of ether oxygens (including phenoxy) is 3. The van der Waals surface area contributed by atoms with Crippen LogP contribution in [0, 0.1) is 0 Å². The van der Waals surface area contributed by atoms with E-state index in [4.69, 9.17) is 14.2 Å². The van der Waals surface area contributed by atoms with Gasteiger partial charge in [0.15, 0.2) is 28.8 Å². The summed E-state index contributed by atoms with van der Waals surface area (Å²) in [5.74, 6) is 0.361. The van der Waals surface area contributed by atoms with Crippen LogP contribution in [0.2, 0.25) is 0 Å². The van der Waals surface area contributed by atoms with Gasteiger partial charge in [-0.15, -0.1) is 0 Å². The zero-order chi connectivity index (χ0) is 32.9. The molecular formula is C36H36N2O8. The third-order valence-corrected chi connectivity index (χ3v) is 6.84. The Morgan fingerprint density at radius 3 is 1.85 bits per heavy atom. The number of phenolic OH excluding ortho intramolecular Hbond substituents is 3. The van der Waals surface area contributed by atoms with Crippen LogP contribution in [0.15, 0.2) is 96.8 Å². The van der Waals surface area contributed by atoms with Crippen molar-refractivity contribution in [3.63, 3.8) is 0 Å². The predicted octanol–water partition coefficient (Wildman–Crippen LogP) is 4.97. The van der Waals surface area contributed by atoms with Gasteiger partial charge in [0.25, 0.3) is 5.91 Å². The SMILES string of the molecule is COc1cc(/C=C(/Oc2ccc(/C=C/C(=O)NCCc3ccc(O)cc3)cc2OC)C(=O)NCCc2ccc(O)cc2)ccc1O. The van der Waals surface area contributed by atoms with Gasteiger partial charge in [-0.2, -0.15) is 0 Å². The quantitative estimate of drug-likeness (QED) is 0.0977. The summed E-state index contributed by atoms with van der Waals surface area (Å²) >= 11 is 0. The normalized spacial score (nSPS) is 11.2. The zero-order valence-corrected chi connectivity index (χ0v) is 25.5. The summed E-state index contributed by atoms with van der Waals surface area (Å²) in [7, 11) is 2.90. The highest BCUT2D eigenvalue weighted by molar-refractivity contribution is 5.96. The molecule has 0 saturated carbocycles. The first-order valence-corrected chi connectivity index (χ1v) is 14.5. The molecule has 5 N–H and O–H groups in total. The minimum absolute atomic E-state index is 0.0342. The van der Waals surface area contributed by atoms with Crippen molar-refractivity contribution >= 4 is 24.0 Å². The lowest BCUT2D eigenvalue weighted by atomic mass is 10.1. The highest BCUT2D eigenvalue weighted by Gasteiger charge is 2.16. The Hall–Kier alpha value is -5.90. The number of benzene rings is 4. The van der Waals surface area contributed by atoms with Gasteiger partial charge in [0.05, 0.1) is 14.2 Å². The average Bonchev–Trinajstić information content (AvgIpc) is 3.06. The molecule has 10 heteroatoms. The van der Waals surface area contributed by atoms with Crippen LogP contribution in [0.1, 0.15) is 22.3 Å². The van der Waals surface area contributed by atoms with Gasteiger partial charge in [-0.05, 0) is 95.8 Å². The van der Waals surface area contributed by atoms with Crippen molar-refractivity contribution in [1.29, 1.82) is 0 Å². The molecule has 0 aliphatic rings. The maximum absolute atomic E-state index is 13.3. The molecule has 0 saturated heterocycles. The molecular weight excluding hydrogens is 588 g/mol. The van der Waals surface area contributed by atoms with Crippen LogP contribution in [-0.2, 0) is 22.4 Å². The standard InChI is InChI=1S/C36H36N2O8/c1-44-32-22-27(7-14-30(32)41)23-34(36(43)38-20-18-25-5-12-29(40)13-6-25)46-31-15-8-26(21-33(31)45-2)9-16-35(42)37-19-17-24-3-10-28(39)11-4-24/h3-16,21-23,39-41H,17-20H2,1-2H3,(H,37,42)(H,38,43)/b16-9+,34-23+. The van der Waals surface area contributed by atoms with E-state index >= 15 is 0 Å². The fourth-order valence-corrected chi connectivity index (χ4v) is 4.36. The highest BCUT2D eigenvalue weighted by Crippen LogP contribution is 2.32. The number of amides is 2. The molecule has 0 radical (unpaired) electrons. The lowest BCUT2D eigenvalue weighted by Gasteiger charge is -2.14. The van der Waals surface area contributed by atoms with Gasteiger partial charge in [0.1, 0.15) is 11.5 Å². The Labute approximate surface area is 267 Å². The number of phenols is 3. The molecule has 0 aliphatic heterocycles. The minimum Gasteiger partial charge on any atom is -0.508 e. The second kappa shape index (κ2) is 16.2. The second-order valence-electron chi connectivity index (χ2n) is 10.2. The van der Waals surface area contributed by atoms with Gasteiger partial charge in [-0.3, -0.25) is 9.59 Å². The van der Waals surface area contributed by atoms with Gasteiger partial charge in [0.2, 0.25) is 5.91 Å². The molecule has 10 nitrogen and oxygen atoms in total. The third kappa shape index (κ3) is 9.81. The minimum atomic E-state index is -0.485. The molecule has 4 aromatic carbocycles. The first-order valence-electron chi connectivity index (χ1n) is 14.5. The molecule has 2 amide bonds. The second-order valence-corrected chi connectivity index (χ2v) is 10.2. The van der Waals surface area contributed by atoms with Crippen LogP contribution in [-0.4, -0.2) is 54.4 Å². The van der Waals surface area contributed by atoms with Gasteiger partial charge in [-0.1, -0.05) is 36.4 Å². The van der Waals surface area contributed by atoms with Crippen LogP contribution in [0.4, 0.5) is 0 Å². The van der Waals surface area contributed by atoms with Gasteiger partial charge < -0.3 is 40.2 Å². The molecule has 46 heavy (non-hydrogen) atoms. The number of rotatable bonds is 14. The van der Waals surface area contributed by atoms with Crippen LogP contribution in [0.25, 0.3) is 12.2 Å². The largest absolute Gasteiger partial charge is 0.508 e. The summed E-state index contributed by atoms with van der Waals surface area (Å²) in [4.78, 5) is 25.7. The highest BCUT2D eigenvalue weighted by atomic mass is 16.5. The number of hydrogen-bond donors (Lipinski definition) is 5. The number of nitrogens with one attached hydrogen (secondary N) is 2. The van der Waals surface area contributed by atoms with E-state index < -0.39 is 5.91 Å². The summed E-state index contributed by atoms with van der Waals surface area (Å²) < 4.78 is 16.8. The third-order valence-electron chi connectivity index (χ3n) is 6.84. The molecule has 0 atom stereocenters. The van der Waals surface area contributed by atoms with Gasteiger partial charge in [-0.25, -0.2) is 0 Å². The Balaban J connectivity index is 1.46. The smallest absolute Gasteiger partial charge is 0.287 e. The summed E-state index contributed by atoms with van der Waals surface area (Å²) in [6.07, 6.45) is 5.72. The number of hydrogen-bond acceptors (Lipinski definition) is 8. The zero-order valence-electron chi connectivity index (χ0n) is 25.5. The molecule has 4 rings (SSSR count). The lowest BCUT2D eigenvalue weighted by Crippen LogP contribution is -2.29. The van der Waals surface area contributed by atoms with Crippen molar-refractivity contribution in [2.45, 2.75) is 12.8 Å². The van der Waals surface area contributed by atoms with E-state index in [2.05, 4.69) is 10.6 Å². The number of carbonyl (C=O) groups excluding carboxylic acids is 2. The first kappa shape index (κ1) is 33.0. The van der Waals surface area contributed by atoms with E-state index in [1.54, 1.807) is 84.9 Å². The monoisotopic (exact) mass is 624 g/mol. The molecule has 0 heterocycles. The summed E-state index contributed by atoms with van der Waals surface area (Å²) in [5.41, 5.74) is 3.15. The van der Waals surface area contributed by atoms with Crippen LogP contribution < -0.4 is 24.8 Å². The van der Waals surface area contributed by atoms with E-state index in [9.17, 15) is 24.9 Å². The fourth-order valence-electron chi connectivity index (χ4n) is 4.36. The Bertz CT molecular complexity index is 1700. The molecule has 0 bridgehead atoms. The van der Waals surface area contributed by atoms with Crippen molar-refractivity contribution in [2.24, 2.45) is 0 Å². The molecule has 0 aromatic heterocycles. The van der Waals surface area contributed by atoms with Crippen LogP contribution in [0.5, 0.6) is 34.5 Å². The summed E-state index contributed by atoms with van der Waals surface area (Å²) in [5, 5.41) is 34.6. The van der Waals surface area contributed by atoms with Gasteiger partial charge in [0, 0.05) is 19.2 Å². The summed E-state index contributed by atoms with van der Waals surface area (Å²) in [6.45, 7) is 0.740. The van der Waals surface area contributed by atoms with Crippen LogP contribution >= 0.6 is 0 Å². The van der Waals surface area contributed by atoms with E-state index in [-0.39, 0.29) is 40.4 Å². The predicted molar refractivity (Wildman–Crippen MR) is 175 cm³/mol. The molecule has 4 aromatic rings. The van der Waals surface area contributed by atoms with E-state index in [0.29, 0.717) is 42.8 Å². The van der Waals surface area contributed by atoms with Crippen LogP contribution in [0.3, 0.4) is 0 Å². The number of aromatic hydroxyl groups is 3. The van der Waals surface area contributed by atoms with Crippen molar-refractivity contribution in [3.8, 4) is 34.5 Å². The van der Waals surface area contributed by atoms with E-state index in [1.807, 2.05) is 0 Å². The number of carbonyl (C=O) groups is 2. The Morgan fingerprint density at radius 1 is 0.674 bits per heavy atom. The van der Waals surface area contributed by atoms with E-state index in [0.717, 1.165) is 11.1 Å². The molecule has 0 spiro atoms. The van der Waals surface area contributed by atoms with Crippen molar-refractivity contribution in [1.82, 2.24) is 10.6 Å². The molecule has 0 fully saturated rings. The fraction of sp³-hybridized carbons (Fsp3) is 0.167. The maximum Gasteiger partial charge on any atom is 0.287 e.